The Morgan fingerprint density at radius 2 is 2.16 bits per heavy atom. The molecule has 0 radical (unpaired) electrons. The Hall–Kier alpha value is -2.74. The number of ether oxygens (including phenoxy) is 3. The molecular formula is C17H18FN3O4. The summed E-state index contributed by atoms with van der Waals surface area (Å²) in [5.74, 6) is 0.192. The predicted octanol–water partition coefficient (Wildman–Crippen LogP) is 1.77. The fourth-order valence-electron chi connectivity index (χ4n) is 2.55. The standard InChI is InChI=1S/C17H18FN3O4/c1-23-7-5-21-6-8-25-16-13(17(21)22)10-19-15(20-16)12-9-11(18)3-4-14(12)24-2/h3-4,9-10H,5-8H2,1-2H3. The van der Waals surface area contributed by atoms with Gasteiger partial charge in [0.05, 0.1) is 25.8 Å². The number of nitrogens with zero attached hydrogens (tertiary/aromatic N) is 3. The van der Waals surface area contributed by atoms with Crippen LogP contribution in [0.5, 0.6) is 11.6 Å². The van der Waals surface area contributed by atoms with Crippen molar-refractivity contribution in [3.8, 4) is 23.0 Å². The summed E-state index contributed by atoms with van der Waals surface area (Å²) < 4.78 is 29.4. The largest absolute Gasteiger partial charge is 0.496 e. The molecule has 3 rings (SSSR count). The maximum absolute atomic E-state index is 13.6. The molecule has 0 unspecified atom stereocenters. The molecule has 0 saturated heterocycles. The molecular weight excluding hydrogens is 329 g/mol. The van der Waals surface area contributed by atoms with Crippen LogP contribution in [0.1, 0.15) is 10.4 Å². The van der Waals surface area contributed by atoms with Gasteiger partial charge >= 0.3 is 0 Å². The molecule has 0 fully saturated rings. The summed E-state index contributed by atoms with van der Waals surface area (Å²) in [4.78, 5) is 22.7. The number of fused-ring (bicyclic) bond motifs is 1. The van der Waals surface area contributed by atoms with E-state index in [2.05, 4.69) is 9.97 Å². The summed E-state index contributed by atoms with van der Waals surface area (Å²) in [7, 11) is 3.06. The third kappa shape index (κ3) is 3.53. The van der Waals surface area contributed by atoms with Crippen LogP contribution in [0.3, 0.4) is 0 Å². The number of carbonyl (C=O) groups excluding carboxylic acids is 1. The molecule has 2 aromatic rings. The Morgan fingerprint density at radius 1 is 1.32 bits per heavy atom. The van der Waals surface area contributed by atoms with E-state index in [0.29, 0.717) is 37.6 Å². The second-order valence-electron chi connectivity index (χ2n) is 5.39. The van der Waals surface area contributed by atoms with Crippen molar-refractivity contribution in [1.29, 1.82) is 0 Å². The minimum Gasteiger partial charge on any atom is -0.496 e. The smallest absolute Gasteiger partial charge is 0.261 e. The van der Waals surface area contributed by atoms with Gasteiger partial charge in [0.15, 0.2) is 5.82 Å². The molecule has 2 heterocycles. The zero-order valence-corrected chi connectivity index (χ0v) is 14.0. The first kappa shape index (κ1) is 17.1. The van der Waals surface area contributed by atoms with Crippen LogP contribution in [-0.2, 0) is 4.74 Å². The van der Waals surface area contributed by atoms with Crippen LogP contribution in [0, 0.1) is 5.82 Å². The molecule has 132 valence electrons. The maximum atomic E-state index is 13.6. The highest BCUT2D eigenvalue weighted by Gasteiger charge is 2.26. The van der Waals surface area contributed by atoms with Crippen molar-refractivity contribution in [2.24, 2.45) is 0 Å². The van der Waals surface area contributed by atoms with Gasteiger partial charge in [0.2, 0.25) is 5.88 Å². The van der Waals surface area contributed by atoms with E-state index in [4.69, 9.17) is 14.2 Å². The molecule has 7 nitrogen and oxygen atoms in total. The lowest BCUT2D eigenvalue weighted by atomic mass is 10.1. The van der Waals surface area contributed by atoms with Crippen molar-refractivity contribution < 1.29 is 23.4 Å². The summed E-state index contributed by atoms with van der Waals surface area (Å²) in [5.41, 5.74) is 0.662. The maximum Gasteiger partial charge on any atom is 0.261 e. The molecule has 25 heavy (non-hydrogen) atoms. The van der Waals surface area contributed by atoms with E-state index in [9.17, 15) is 9.18 Å². The number of rotatable bonds is 5. The zero-order valence-electron chi connectivity index (χ0n) is 14.0. The van der Waals surface area contributed by atoms with Crippen molar-refractivity contribution in [1.82, 2.24) is 14.9 Å². The molecule has 0 saturated carbocycles. The highest BCUT2D eigenvalue weighted by Crippen LogP contribution is 2.30. The second kappa shape index (κ2) is 7.43. The van der Waals surface area contributed by atoms with E-state index in [1.54, 1.807) is 12.0 Å². The molecule has 0 spiro atoms. The van der Waals surface area contributed by atoms with Gasteiger partial charge in [-0.15, -0.1) is 0 Å². The third-order valence-electron chi connectivity index (χ3n) is 3.84. The molecule has 8 heteroatoms. The molecule has 0 bridgehead atoms. The molecule has 1 aliphatic heterocycles. The summed E-state index contributed by atoms with van der Waals surface area (Å²) in [5, 5.41) is 0. The van der Waals surface area contributed by atoms with Crippen LogP contribution in [0.25, 0.3) is 11.4 Å². The number of methoxy groups -OCH3 is 2. The minimum absolute atomic E-state index is 0.182. The predicted molar refractivity (Wildman–Crippen MR) is 87.3 cm³/mol. The Kier molecular flexibility index (Phi) is 5.08. The van der Waals surface area contributed by atoms with Gasteiger partial charge in [0, 0.05) is 19.9 Å². The number of benzene rings is 1. The van der Waals surface area contributed by atoms with Gasteiger partial charge in [-0.1, -0.05) is 0 Å². The van der Waals surface area contributed by atoms with Gasteiger partial charge in [-0.05, 0) is 18.2 Å². The Morgan fingerprint density at radius 3 is 2.92 bits per heavy atom. The Labute approximate surface area is 144 Å². The highest BCUT2D eigenvalue weighted by molar-refractivity contribution is 5.96. The molecule has 1 aromatic carbocycles. The first-order valence-corrected chi connectivity index (χ1v) is 7.76. The normalized spacial score (nSPS) is 13.9. The van der Waals surface area contributed by atoms with Crippen LogP contribution in [0.4, 0.5) is 4.39 Å². The van der Waals surface area contributed by atoms with Gasteiger partial charge < -0.3 is 19.1 Å². The first-order chi connectivity index (χ1) is 12.1. The van der Waals surface area contributed by atoms with Crippen LogP contribution < -0.4 is 9.47 Å². The van der Waals surface area contributed by atoms with Gasteiger partial charge in [-0.25, -0.2) is 9.37 Å². The summed E-state index contributed by atoms with van der Waals surface area (Å²) in [6.45, 7) is 1.62. The van der Waals surface area contributed by atoms with Crippen molar-refractivity contribution in [2.75, 3.05) is 40.5 Å². The second-order valence-corrected chi connectivity index (χ2v) is 5.39. The lowest BCUT2D eigenvalue weighted by Crippen LogP contribution is -2.35. The monoisotopic (exact) mass is 347 g/mol. The number of aromatic nitrogens is 2. The van der Waals surface area contributed by atoms with Gasteiger partial charge in [-0.3, -0.25) is 4.79 Å². The zero-order chi connectivity index (χ0) is 17.8. The third-order valence-corrected chi connectivity index (χ3v) is 3.84. The average molecular weight is 347 g/mol. The minimum atomic E-state index is -0.433. The van der Waals surface area contributed by atoms with E-state index in [-0.39, 0.29) is 23.2 Å². The van der Waals surface area contributed by atoms with E-state index < -0.39 is 5.82 Å². The topological polar surface area (TPSA) is 73.8 Å². The molecule has 1 aliphatic rings. The number of amides is 1. The molecule has 0 aliphatic carbocycles. The average Bonchev–Trinajstić information content (AvgIpc) is 2.78. The van der Waals surface area contributed by atoms with Crippen molar-refractivity contribution in [3.05, 3.63) is 35.8 Å². The number of halogens is 1. The fraction of sp³-hybridized carbons (Fsp3) is 0.353. The lowest BCUT2D eigenvalue weighted by molar-refractivity contribution is 0.0693. The molecule has 1 amide bonds. The molecule has 0 atom stereocenters. The van der Waals surface area contributed by atoms with E-state index in [0.717, 1.165) is 0 Å². The molecule has 0 N–H and O–H groups in total. The first-order valence-electron chi connectivity index (χ1n) is 7.76. The summed E-state index contributed by atoms with van der Waals surface area (Å²) in [6.07, 6.45) is 1.40. The Balaban J connectivity index is 1.97. The van der Waals surface area contributed by atoms with Crippen LogP contribution in [0.2, 0.25) is 0 Å². The van der Waals surface area contributed by atoms with Gasteiger partial charge in [0.1, 0.15) is 23.7 Å². The van der Waals surface area contributed by atoms with Gasteiger partial charge in [0.25, 0.3) is 5.91 Å². The number of hydrogen-bond donors (Lipinski definition) is 0. The fourth-order valence-corrected chi connectivity index (χ4v) is 2.55. The van der Waals surface area contributed by atoms with E-state index in [1.807, 2.05) is 0 Å². The van der Waals surface area contributed by atoms with Crippen LogP contribution >= 0.6 is 0 Å². The van der Waals surface area contributed by atoms with Gasteiger partial charge in [-0.2, -0.15) is 4.98 Å². The van der Waals surface area contributed by atoms with E-state index in [1.165, 1.54) is 31.5 Å². The number of carbonyl (C=O) groups is 1. The lowest BCUT2D eigenvalue weighted by Gasteiger charge is -2.18. The highest BCUT2D eigenvalue weighted by atomic mass is 19.1. The van der Waals surface area contributed by atoms with Crippen molar-refractivity contribution >= 4 is 5.91 Å². The van der Waals surface area contributed by atoms with Crippen molar-refractivity contribution in [2.45, 2.75) is 0 Å². The Bertz CT molecular complexity index is 784. The van der Waals surface area contributed by atoms with Crippen LogP contribution in [0.15, 0.2) is 24.4 Å². The molecule has 1 aromatic heterocycles. The van der Waals surface area contributed by atoms with Crippen LogP contribution in [-0.4, -0.2) is 61.3 Å². The van der Waals surface area contributed by atoms with E-state index >= 15 is 0 Å². The SMILES string of the molecule is COCCN1CCOc2nc(-c3cc(F)ccc3OC)ncc2C1=O. The summed E-state index contributed by atoms with van der Waals surface area (Å²) in [6, 6.07) is 4.07. The van der Waals surface area contributed by atoms with Crippen molar-refractivity contribution in [3.63, 3.8) is 0 Å². The number of hydrogen-bond acceptors (Lipinski definition) is 6. The quantitative estimate of drug-likeness (QED) is 0.821. The summed E-state index contributed by atoms with van der Waals surface area (Å²) >= 11 is 0.